The van der Waals surface area contributed by atoms with Crippen LogP contribution in [0.3, 0.4) is 0 Å². The molecule has 8 heteroatoms. The third-order valence-corrected chi connectivity index (χ3v) is 5.21. The lowest BCUT2D eigenvalue weighted by molar-refractivity contribution is -0.118. The molecule has 0 atom stereocenters. The van der Waals surface area contributed by atoms with Gasteiger partial charge in [0.2, 0.25) is 5.91 Å². The first-order valence-corrected chi connectivity index (χ1v) is 10.0. The first-order valence-electron chi connectivity index (χ1n) is 9.03. The van der Waals surface area contributed by atoms with Crippen molar-refractivity contribution in [3.05, 3.63) is 42.0 Å². The van der Waals surface area contributed by atoms with Gasteiger partial charge in [0.25, 0.3) is 0 Å². The lowest BCUT2D eigenvalue weighted by Gasteiger charge is -2.14. The summed E-state index contributed by atoms with van der Waals surface area (Å²) >= 11 is 1.37. The number of fused-ring (bicyclic) bond motifs is 2. The summed E-state index contributed by atoms with van der Waals surface area (Å²) in [5.41, 5.74) is 2.69. The number of nitrogens with zero attached hydrogens (tertiary/aromatic N) is 1. The summed E-state index contributed by atoms with van der Waals surface area (Å²) < 4.78 is 16.8. The molecule has 0 bridgehead atoms. The van der Waals surface area contributed by atoms with E-state index in [0.717, 1.165) is 28.2 Å². The van der Waals surface area contributed by atoms with Gasteiger partial charge in [-0.1, -0.05) is 23.9 Å². The number of aromatic amines is 1. The molecule has 2 N–H and O–H groups in total. The first kappa shape index (κ1) is 18.5. The summed E-state index contributed by atoms with van der Waals surface area (Å²) in [6.45, 7) is 1.57. The zero-order valence-corrected chi connectivity index (χ0v) is 16.3. The Hall–Kier alpha value is -2.87. The Morgan fingerprint density at radius 1 is 1.25 bits per heavy atom. The number of imidazole rings is 1. The maximum absolute atomic E-state index is 12.3. The van der Waals surface area contributed by atoms with Gasteiger partial charge in [-0.25, -0.2) is 4.98 Å². The second kappa shape index (κ2) is 8.43. The molecule has 1 aliphatic rings. The van der Waals surface area contributed by atoms with Crippen LogP contribution in [0.5, 0.6) is 17.2 Å². The molecule has 0 saturated carbocycles. The average Bonchev–Trinajstić information content (AvgIpc) is 3.00. The van der Waals surface area contributed by atoms with Crippen molar-refractivity contribution < 1.29 is 19.0 Å². The highest BCUT2D eigenvalue weighted by molar-refractivity contribution is 7.99. The van der Waals surface area contributed by atoms with Crippen LogP contribution in [0, 0.1) is 0 Å². The van der Waals surface area contributed by atoms with Gasteiger partial charge < -0.3 is 24.5 Å². The zero-order chi connectivity index (χ0) is 19.3. The average molecular weight is 399 g/mol. The molecule has 1 amide bonds. The van der Waals surface area contributed by atoms with Crippen molar-refractivity contribution in [1.29, 1.82) is 0 Å². The highest BCUT2D eigenvalue weighted by Gasteiger charge is 2.16. The number of benzene rings is 2. The highest BCUT2D eigenvalue weighted by Crippen LogP contribution is 2.36. The molecule has 1 aliphatic heterocycles. The van der Waals surface area contributed by atoms with Gasteiger partial charge in [-0.3, -0.25) is 4.79 Å². The maximum Gasteiger partial charge on any atom is 0.230 e. The summed E-state index contributed by atoms with van der Waals surface area (Å²) in [6.07, 6.45) is 0.835. The lowest BCUT2D eigenvalue weighted by Crippen LogP contribution is -2.24. The van der Waals surface area contributed by atoms with E-state index < -0.39 is 0 Å². The van der Waals surface area contributed by atoms with Crippen LogP contribution in [0.25, 0.3) is 11.0 Å². The van der Waals surface area contributed by atoms with E-state index in [1.54, 1.807) is 7.11 Å². The van der Waals surface area contributed by atoms with Crippen LogP contribution in [0.4, 0.5) is 0 Å². The number of hydrogen-bond donors (Lipinski definition) is 2. The predicted molar refractivity (Wildman–Crippen MR) is 107 cm³/mol. The van der Waals surface area contributed by atoms with E-state index in [9.17, 15) is 4.79 Å². The molecule has 0 aliphatic carbocycles. The fourth-order valence-electron chi connectivity index (χ4n) is 2.94. The number of H-pyrrole nitrogens is 1. The minimum absolute atomic E-state index is 0.0837. The standard InChI is InChI=1S/C20H21N3O4S/c1-25-16-10-18-17(26-7-4-8-27-18)9-13(16)11-21-19(24)12-28-20-22-14-5-2-3-6-15(14)23-20/h2-3,5-6,9-10H,4,7-8,11-12H2,1H3,(H,21,24)(H,22,23). The third kappa shape index (κ3) is 4.17. The normalized spacial score (nSPS) is 13.2. The van der Waals surface area contributed by atoms with E-state index in [1.807, 2.05) is 36.4 Å². The summed E-state index contributed by atoms with van der Waals surface area (Å²) in [5, 5.41) is 3.65. The molecule has 28 heavy (non-hydrogen) atoms. The molecule has 0 fully saturated rings. The number of thioether (sulfide) groups is 1. The number of ether oxygens (including phenoxy) is 3. The van der Waals surface area contributed by atoms with E-state index >= 15 is 0 Å². The number of hydrogen-bond acceptors (Lipinski definition) is 6. The van der Waals surface area contributed by atoms with E-state index in [0.29, 0.717) is 37.0 Å². The molecule has 146 valence electrons. The third-order valence-electron chi connectivity index (χ3n) is 4.33. The molecular formula is C20H21N3O4S. The second-order valence-corrected chi connectivity index (χ2v) is 7.25. The number of rotatable bonds is 6. The van der Waals surface area contributed by atoms with Crippen LogP contribution in [-0.4, -0.2) is 42.0 Å². The highest BCUT2D eigenvalue weighted by atomic mass is 32.2. The van der Waals surface area contributed by atoms with Crippen molar-refractivity contribution in [1.82, 2.24) is 15.3 Å². The van der Waals surface area contributed by atoms with Gasteiger partial charge in [-0.2, -0.15) is 0 Å². The van der Waals surface area contributed by atoms with Crippen LogP contribution in [0.15, 0.2) is 41.6 Å². The quantitative estimate of drug-likeness (QED) is 0.620. The molecular weight excluding hydrogens is 378 g/mol. The number of para-hydroxylation sites is 2. The van der Waals surface area contributed by atoms with Crippen LogP contribution in [-0.2, 0) is 11.3 Å². The SMILES string of the molecule is COc1cc2c(cc1CNC(=O)CSc1nc3ccccc3[nH]1)OCCCO2. The first-order chi connectivity index (χ1) is 13.7. The smallest absolute Gasteiger partial charge is 0.230 e. The van der Waals surface area contributed by atoms with Crippen molar-refractivity contribution >= 4 is 28.7 Å². The molecule has 2 heterocycles. The summed E-state index contributed by atoms with van der Waals surface area (Å²) in [4.78, 5) is 19.9. The van der Waals surface area contributed by atoms with Gasteiger partial charge in [-0.15, -0.1) is 0 Å². The number of carbonyl (C=O) groups excluding carboxylic acids is 1. The molecule has 0 spiro atoms. The molecule has 4 rings (SSSR count). The molecule has 0 radical (unpaired) electrons. The zero-order valence-electron chi connectivity index (χ0n) is 15.5. The van der Waals surface area contributed by atoms with E-state index in [4.69, 9.17) is 14.2 Å². The molecule has 2 aromatic carbocycles. The Labute approximate surface area is 166 Å². The van der Waals surface area contributed by atoms with E-state index in [1.165, 1.54) is 11.8 Å². The maximum atomic E-state index is 12.3. The second-order valence-electron chi connectivity index (χ2n) is 6.29. The molecule has 7 nitrogen and oxygen atoms in total. The van der Waals surface area contributed by atoms with Gasteiger partial charge in [0, 0.05) is 24.6 Å². The Bertz CT molecular complexity index is 956. The predicted octanol–water partition coefficient (Wildman–Crippen LogP) is 3.14. The fourth-order valence-corrected chi connectivity index (χ4v) is 3.65. The van der Waals surface area contributed by atoms with Crippen molar-refractivity contribution in [3.63, 3.8) is 0 Å². The van der Waals surface area contributed by atoms with Crippen molar-refractivity contribution in [2.24, 2.45) is 0 Å². The Kier molecular flexibility index (Phi) is 5.57. The lowest BCUT2D eigenvalue weighted by atomic mass is 10.1. The Balaban J connectivity index is 1.36. The fraction of sp³-hybridized carbons (Fsp3) is 0.300. The molecule has 1 aromatic heterocycles. The Morgan fingerprint density at radius 3 is 2.82 bits per heavy atom. The number of amides is 1. The number of aromatic nitrogens is 2. The number of carbonyl (C=O) groups is 1. The molecule has 0 saturated heterocycles. The van der Waals surface area contributed by atoms with Gasteiger partial charge in [-0.05, 0) is 18.2 Å². The van der Waals surface area contributed by atoms with E-state index in [2.05, 4.69) is 15.3 Å². The van der Waals surface area contributed by atoms with Gasteiger partial charge in [0.05, 0.1) is 37.1 Å². The van der Waals surface area contributed by atoms with Gasteiger partial charge in [0.1, 0.15) is 5.75 Å². The van der Waals surface area contributed by atoms with E-state index in [-0.39, 0.29) is 11.7 Å². The van der Waals surface area contributed by atoms with Crippen molar-refractivity contribution in [2.45, 2.75) is 18.1 Å². The van der Waals surface area contributed by atoms with Crippen molar-refractivity contribution in [3.8, 4) is 17.2 Å². The summed E-state index contributed by atoms with van der Waals surface area (Å²) in [6, 6.07) is 11.5. The van der Waals surface area contributed by atoms with Crippen LogP contribution >= 0.6 is 11.8 Å². The monoisotopic (exact) mass is 399 g/mol. The van der Waals surface area contributed by atoms with Gasteiger partial charge in [0.15, 0.2) is 16.7 Å². The minimum atomic E-state index is -0.0837. The van der Waals surface area contributed by atoms with Crippen LogP contribution in [0.2, 0.25) is 0 Å². The van der Waals surface area contributed by atoms with Crippen molar-refractivity contribution in [2.75, 3.05) is 26.1 Å². The van der Waals surface area contributed by atoms with Gasteiger partial charge >= 0.3 is 0 Å². The largest absolute Gasteiger partial charge is 0.496 e. The topological polar surface area (TPSA) is 85.5 Å². The molecule has 3 aromatic rings. The summed E-state index contributed by atoms with van der Waals surface area (Å²) in [5.74, 6) is 2.20. The van der Waals surface area contributed by atoms with Crippen LogP contribution in [0.1, 0.15) is 12.0 Å². The minimum Gasteiger partial charge on any atom is -0.496 e. The molecule has 0 unspecified atom stereocenters. The van der Waals surface area contributed by atoms with Crippen LogP contribution < -0.4 is 19.5 Å². The Morgan fingerprint density at radius 2 is 2.04 bits per heavy atom. The number of nitrogens with one attached hydrogen (secondary N) is 2. The summed E-state index contributed by atoms with van der Waals surface area (Å²) in [7, 11) is 1.60. The number of methoxy groups -OCH3 is 1.